The fraction of sp³-hybridized carbons (Fsp3) is 0.611. The van der Waals surface area contributed by atoms with Gasteiger partial charge in [-0.3, -0.25) is 4.99 Å². The van der Waals surface area contributed by atoms with E-state index in [1.54, 1.807) is 7.05 Å². The molecule has 3 rings (SSSR count). The molecule has 1 aromatic carbocycles. The van der Waals surface area contributed by atoms with Gasteiger partial charge in [0.1, 0.15) is 17.7 Å². The number of hydrogen-bond donors (Lipinski definition) is 1. The molecule has 2 aliphatic rings. The number of rotatable bonds is 5. The molecule has 0 bridgehead atoms. The van der Waals surface area contributed by atoms with E-state index in [1.807, 2.05) is 4.90 Å². The van der Waals surface area contributed by atoms with Crippen molar-refractivity contribution >= 4 is 29.9 Å². The minimum atomic E-state index is -3.02. The third-order valence-electron chi connectivity index (χ3n) is 4.70. The minimum absolute atomic E-state index is 0. The van der Waals surface area contributed by atoms with Crippen LogP contribution in [0.2, 0.25) is 0 Å². The van der Waals surface area contributed by atoms with E-state index in [0.29, 0.717) is 25.7 Å². The van der Waals surface area contributed by atoms with Crippen LogP contribution in [0.3, 0.4) is 0 Å². The van der Waals surface area contributed by atoms with Crippen LogP contribution >= 0.6 is 24.0 Å². The normalized spacial score (nSPS) is 22.9. The maximum Gasteiger partial charge on any atom is 0.387 e. The summed E-state index contributed by atoms with van der Waals surface area (Å²) in [5, 5.41) is 3.04. The molecule has 0 radical (unpaired) electrons. The predicted octanol–water partition coefficient (Wildman–Crippen LogP) is 3.00. The second-order valence-electron chi connectivity index (χ2n) is 6.40. The van der Waals surface area contributed by atoms with Crippen molar-refractivity contribution in [3.63, 3.8) is 0 Å². The number of nitrogens with zero attached hydrogens (tertiary/aromatic N) is 2. The molecule has 1 N–H and O–H groups in total. The van der Waals surface area contributed by atoms with E-state index in [-0.39, 0.29) is 54.0 Å². The van der Waals surface area contributed by atoms with Gasteiger partial charge in [0.05, 0.1) is 12.7 Å². The maximum absolute atomic E-state index is 14.1. The molecule has 10 heteroatoms. The largest absolute Gasteiger partial charge is 0.434 e. The lowest BCUT2D eigenvalue weighted by atomic mass is 10.1. The third kappa shape index (κ3) is 5.86. The summed E-state index contributed by atoms with van der Waals surface area (Å²) < 4.78 is 55.2. The Kier molecular flexibility index (Phi) is 9.09. The van der Waals surface area contributed by atoms with Crippen LogP contribution in [0.1, 0.15) is 18.4 Å². The smallest absolute Gasteiger partial charge is 0.387 e. The van der Waals surface area contributed by atoms with E-state index < -0.39 is 12.4 Å². The first-order valence-electron chi connectivity index (χ1n) is 8.99. The topological polar surface area (TPSA) is 55.3 Å². The van der Waals surface area contributed by atoms with Gasteiger partial charge in [-0.1, -0.05) is 6.07 Å². The molecule has 2 fully saturated rings. The van der Waals surface area contributed by atoms with Gasteiger partial charge in [0.2, 0.25) is 0 Å². The minimum Gasteiger partial charge on any atom is -0.434 e. The lowest BCUT2D eigenvalue weighted by Gasteiger charge is -2.37. The van der Waals surface area contributed by atoms with E-state index in [0.717, 1.165) is 19.4 Å². The molecule has 6 nitrogen and oxygen atoms in total. The van der Waals surface area contributed by atoms with Gasteiger partial charge in [0, 0.05) is 38.9 Å². The number of aliphatic imine (C=N–C) groups is 1. The fourth-order valence-corrected chi connectivity index (χ4v) is 3.41. The molecule has 158 valence electrons. The Balaban J connectivity index is 0.00000280. The van der Waals surface area contributed by atoms with E-state index in [1.165, 1.54) is 18.2 Å². The highest BCUT2D eigenvalue weighted by molar-refractivity contribution is 14.0. The monoisotopic (exact) mass is 515 g/mol. The Morgan fingerprint density at radius 2 is 2.11 bits per heavy atom. The van der Waals surface area contributed by atoms with Gasteiger partial charge >= 0.3 is 6.61 Å². The van der Waals surface area contributed by atoms with Crippen LogP contribution in [0.4, 0.5) is 13.2 Å². The summed E-state index contributed by atoms with van der Waals surface area (Å²) >= 11 is 0. The lowest BCUT2D eigenvalue weighted by molar-refractivity contribution is -0.0817. The first kappa shape index (κ1) is 23.0. The highest BCUT2D eigenvalue weighted by Gasteiger charge is 2.32. The summed E-state index contributed by atoms with van der Waals surface area (Å²) in [5.74, 6) is -0.255. The van der Waals surface area contributed by atoms with Crippen molar-refractivity contribution in [3.8, 4) is 5.75 Å². The molecule has 2 aliphatic heterocycles. The summed E-state index contributed by atoms with van der Waals surface area (Å²) in [7, 11) is 1.62. The molecule has 2 saturated heterocycles. The zero-order valence-electron chi connectivity index (χ0n) is 15.6. The molecule has 0 spiro atoms. The highest BCUT2D eigenvalue weighted by Crippen LogP contribution is 2.24. The van der Waals surface area contributed by atoms with Crippen molar-refractivity contribution in [2.24, 2.45) is 4.99 Å². The molecule has 0 amide bonds. The van der Waals surface area contributed by atoms with Gasteiger partial charge in [-0.15, -0.1) is 24.0 Å². The second-order valence-corrected chi connectivity index (χ2v) is 6.40. The molecule has 2 heterocycles. The Labute approximate surface area is 179 Å². The molecule has 1 aromatic rings. The summed E-state index contributed by atoms with van der Waals surface area (Å²) in [4.78, 5) is 6.24. The Bertz CT molecular complexity index is 660. The van der Waals surface area contributed by atoms with Crippen LogP contribution in [0.25, 0.3) is 0 Å². The summed E-state index contributed by atoms with van der Waals surface area (Å²) in [5.41, 5.74) is 0.0304. The van der Waals surface area contributed by atoms with Crippen LogP contribution in [0.15, 0.2) is 23.2 Å². The molecule has 28 heavy (non-hydrogen) atoms. The van der Waals surface area contributed by atoms with Crippen molar-refractivity contribution in [1.29, 1.82) is 0 Å². The summed E-state index contributed by atoms with van der Waals surface area (Å²) in [6.45, 7) is -0.537. The number of benzene rings is 1. The van der Waals surface area contributed by atoms with Crippen LogP contribution in [0, 0.1) is 5.82 Å². The van der Waals surface area contributed by atoms with Gasteiger partial charge in [-0.25, -0.2) is 4.39 Å². The zero-order chi connectivity index (χ0) is 19.2. The Morgan fingerprint density at radius 1 is 1.32 bits per heavy atom. The number of ether oxygens (including phenoxy) is 3. The van der Waals surface area contributed by atoms with Crippen molar-refractivity contribution < 1.29 is 27.4 Å². The SMILES string of the molecule is CN=C(NCc1c(F)cccc1OC(F)F)N1CCOC(C2CCCO2)C1.I. The van der Waals surface area contributed by atoms with Gasteiger partial charge in [-0.2, -0.15) is 8.78 Å². The van der Waals surface area contributed by atoms with Gasteiger partial charge in [0.15, 0.2) is 5.96 Å². The molecular weight excluding hydrogens is 490 g/mol. The third-order valence-corrected chi connectivity index (χ3v) is 4.70. The average Bonchev–Trinajstić information content (AvgIpc) is 3.19. The number of hydrogen-bond acceptors (Lipinski definition) is 4. The Hall–Kier alpha value is -1.27. The highest BCUT2D eigenvalue weighted by atomic mass is 127. The number of guanidine groups is 1. The van der Waals surface area contributed by atoms with Crippen LogP contribution < -0.4 is 10.1 Å². The van der Waals surface area contributed by atoms with Gasteiger partial charge in [-0.05, 0) is 25.0 Å². The van der Waals surface area contributed by atoms with E-state index >= 15 is 0 Å². The van der Waals surface area contributed by atoms with E-state index in [2.05, 4.69) is 15.0 Å². The standard InChI is InChI=1S/C18H24F3N3O3.HI/c1-22-18(24-7-9-26-16(11-24)15-6-3-8-25-15)23-10-12-13(19)4-2-5-14(12)27-17(20)21;/h2,4-5,15-17H,3,6-11H2,1H3,(H,22,23);1H. The van der Waals surface area contributed by atoms with Gasteiger partial charge in [0.25, 0.3) is 0 Å². The van der Waals surface area contributed by atoms with E-state index in [4.69, 9.17) is 9.47 Å². The number of halogens is 4. The zero-order valence-corrected chi connectivity index (χ0v) is 17.9. The van der Waals surface area contributed by atoms with Crippen LogP contribution in [-0.2, 0) is 16.0 Å². The number of morpholine rings is 1. The van der Waals surface area contributed by atoms with Crippen LogP contribution in [-0.4, -0.2) is 63.0 Å². The molecular formula is C18H25F3IN3O3. The summed E-state index contributed by atoms with van der Waals surface area (Å²) in [6, 6.07) is 3.86. The number of alkyl halides is 2. The quantitative estimate of drug-likeness (QED) is 0.372. The second kappa shape index (κ2) is 11.1. The first-order chi connectivity index (χ1) is 13.1. The molecule has 0 saturated carbocycles. The van der Waals surface area contributed by atoms with Crippen molar-refractivity contribution in [1.82, 2.24) is 10.2 Å². The molecule has 2 unspecified atom stereocenters. The predicted molar refractivity (Wildman–Crippen MR) is 109 cm³/mol. The van der Waals surface area contributed by atoms with Crippen LogP contribution in [0.5, 0.6) is 5.75 Å². The molecule has 2 atom stereocenters. The summed E-state index contributed by atoms with van der Waals surface area (Å²) in [6.07, 6.45) is 2.01. The first-order valence-corrected chi connectivity index (χ1v) is 8.99. The lowest BCUT2D eigenvalue weighted by Crippen LogP contribution is -2.53. The van der Waals surface area contributed by atoms with Crippen molar-refractivity contribution in [2.75, 3.05) is 33.4 Å². The average molecular weight is 515 g/mol. The fourth-order valence-electron chi connectivity index (χ4n) is 3.41. The van der Waals surface area contributed by atoms with Gasteiger partial charge < -0.3 is 24.4 Å². The van der Waals surface area contributed by atoms with E-state index in [9.17, 15) is 13.2 Å². The Morgan fingerprint density at radius 3 is 2.79 bits per heavy atom. The molecule has 0 aromatic heterocycles. The maximum atomic E-state index is 14.1. The van der Waals surface area contributed by atoms with Crippen molar-refractivity contribution in [2.45, 2.75) is 38.2 Å². The van der Waals surface area contributed by atoms with Crippen molar-refractivity contribution in [3.05, 3.63) is 29.6 Å². The molecule has 0 aliphatic carbocycles. The number of nitrogens with one attached hydrogen (secondary N) is 1.